The van der Waals surface area contributed by atoms with Crippen molar-refractivity contribution in [2.24, 2.45) is 5.41 Å². The average Bonchev–Trinajstić information content (AvgIpc) is 3.26. The molecular formula is C19H23N3O4. The fraction of sp³-hybridized carbons (Fsp3) is 0.474. The van der Waals surface area contributed by atoms with Crippen LogP contribution in [0.15, 0.2) is 30.5 Å². The smallest absolute Gasteiger partial charge is 0.315 e. The highest BCUT2D eigenvalue weighted by atomic mass is 16.5. The fourth-order valence-corrected chi connectivity index (χ4v) is 4.10. The van der Waals surface area contributed by atoms with Gasteiger partial charge in [0.2, 0.25) is 0 Å². The molecular weight excluding hydrogens is 334 g/mol. The standard InChI is InChI=1S/C19H23N3O4/c1-3-22-7-6-13(20-22)9-21-10-16-15-5-4-14(25-2)8-17(15)26-12-19(16,11-21)18(23)24/h4-8,16H,3,9-12H2,1-2H3,(H,23,24)/t16-,19-/m1/s1. The molecule has 3 heterocycles. The lowest BCUT2D eigenvalue weighted by atomic mass is 9.73. The van der Waals surface area contributed by atoms with Crippen molar-refractivity contribution < 1.29 is 19.4 Å². The number of carboxylic acid groups (broad SMARTS) is 1. The summed E-state index contributed by atoms with van der Waals surface area (Å²) in [7, 11) is 1.61. The highest BCUT2D eigenvalue weighted by Crippen LogP contribution is 2.50. The minimum atomic E-state index is -0.922. The van der Waals surface area contributed by atoms with Crippen LogP contribution in [0.1, 0.15) is 24.1 Å². The van der Waals surface area contributed by atoms with Gasteiger partial charge < -0.3 is 14.6 Å². The van der Waals surface area contributed by atoms with Crippen LogP contribution in [0.25, 0.3) is 0 Å². The minimum absolute atomic E-state index is 0.108. The van der Waals surface area contributed by atoms with Crippen molar-refractivity contribution in [3.63, 3.8) is 0 Å². The normalized spacial score (nSPS) is 24.6. The first-order valence-corrected chi connectivity index (χ1v) is 8.84. The molecule has 0 spiro atoms. The molecule has 1 fully saturated rings. The SMILES string of the molecule is CCn1ccc(CN2C[C@@H]3c4ccc(OC)cc4OC[C@]3(C(=O)O)C2)n1. The highest BCUT2D eigenvalue weighted by molar-refractivity contribution is 5.78. The van der Waals surface area contributed by atoms with Gasteiger partial charge in [-0.3, -0.25) is 14.4 Å². The first-order chi connectivity index (χ1) is 12.6. The summed E-state index contributed by atoms with van der Waals surface area (Å²) in [5.41, 5.74) is 0.984. The number of aliphatic carboxylic acids is 1. The molecule has 1 aromatic heterocycles. The van der Waals surface area contributed by atoms with Gasteiger partial charge >= 0.3 is 5.97 Å². The van der Waals surface area contributed by atoms with Crippen LogP contribution in [-0.4, -0.2) is 52.6 Å². The van der Waals surface area contributed by atoms with Crippen molar-refractivity contribution in [1.82, 2.24) is 14.7 Å². The molecule has 1 N–H and O–H groups in total. The Hall–Kier alpha value is -2.54. The lowest BCUT2D eigenvalue weighted by Crippen LogP contribution is -2.45. The molecule has 0 unspecified atom stereocenters. The van der Waals surface area contributed by atoms with Gasteiger partial charge in [0.25, 0.3) is 0 Å². The molecule has 0 amide bonds. The minimum Gasteiger partial charge on any atom is -0.497 e. The molecule has 26 heavy (non-hydrogen) atoms. The van der Waals surface area contributed by atoms with Crippen molar-refractivity contribution in [2.45, 2.75) is 25.9 Å². The highest BCUT2D eigenvalue weighted by Gasteiger charge is 2.56. The second kappa shape index (κ2) is 6.32. The van der Waals surface area contributed by atoms with E-state index in [0.717, 1.165) is 23.6 Å². The number of nitrogens with zero attached hydrogens (tertiary/aromatic N) is 3. The second-order valence-electron chi connectivity index (χ2n) is 7.04. The van der Waals surface area contributed by atoms with Gasteiger partial charge in [-0.25, -0.2) is 0 Å². The second-order valence-corrected chi connectivity index (χ2v) is 7.04. The van der Waals surface area contributed by atoms with Crippen LogP contribution in [0, 0.1) is 5.41 Å². The van der Waals surface area contributed by atoms with E-state index in [2.05, 4.69) is 10.00 Å². The lowest BCUT2D eigenvalue weighted by Gasteiger charge is -2.36. The summed E-state index contributed by atoms with van der Waals surface area (Å²) in [4.78, 5) is 14.4. The van der Waals surface area contributed by atoms with E-state index in [1.165, 1.54) is 0 Å². The number of carbonyl (C=O) groups is 1. The number of likely N-dealkylation sites (tertiary alicyclic amines) is 1. The molecule has 138 valence electrons. The van der Waals surface area contributed by atoms with Crippen LogP contribution >= 0.6 is 0 Å². The van der Waals surface area contributed by atoms with E-state index < -0.39 is 11.4 Å². The Kier molecular flexibility index (Phi) is 4.11. The molecule has 0 saturated carbocycles. The number of hydrogen-bond donors (Lipinski definition) is 1. The van der Waals surface area contributed by atoms with Crippen molar-refractivity contribution in [1.29, 1.82) is 0 Å². The monoisotopic (exact) mass is 357 g/mol. The van der Waals surface area contributed by atoms with E-state index in [1.54, 1.807) is 7.11 Å². The van der Waals surface area contributed by atoms with Crippen LogP contribution in [0.5, 0.6) is 11.5 Å². The third-order valence-electron chi connectivity index (χ3n) is 5.53. The van der Waals surface area contributed by atoms with Crippen LogP contribution in [-0.2, 0) is 17.9 Å². The van der Waals surface area contributed by atoms with E-state index in [0.29, 0.717) is 25.4 Å². The Morgan fingerprint density at radius 2 is 2.31 bits per heavy atom. The van der Waals surface area contributed by atoms with Crippen LogP contribution in [0.3, 0.4) is 0 Å². The predicted octanol–water partition coefficient (Wildman–Crippen LogP) is 1.97. The number of rotatable bonds is 5. The summed E-state index contributed by atoms with van der Waals surface area (Å²) >= 11 is 0. The van der Waals surface area contributed by atoms with Crippen molar-refractivity contribution in [3.8, 4) is 11.5 Å². The van der Waals surface area contributed by atoms with Gasteiger partial charge in [-0.1, -0.05) is 6.07 Å². The molecule has 0 radical (unpaired) electrons. The largest absolute Gasteiger partial charge is 0.497 e. The number of ether oxygens (including phenoxy) is 2. The van der Waals surface area contributed by atoms with Crippen molar-refractivity contribution in [3.05, 3.63) is 41.7 Å². The van der Waals surface area contributed by atoms with Crippen molar-refractivity contribution >= 4 is 5.97 Å². The fourth-order valence-electron chi connectivity index (χ4n) is 4.10. The molecule has 1 aromatic carbocycles. The topological polar surface area (TPSA) is 76.8 Å². The molecule has 2 aromatic rings. The predicted molar refractivity (Wildman–Crippen MR) is 94.5 cm³/mol. The van der Waals surface area contributed by atoms with Gasteiger partial charge in [0.1, 0.15) is 23.5 Å². The number of hydrogen-bond acceptors (Lipinski definition) is 5. The zero-order valence-electron chi connectivity index (χ0n) is 15.0. The summed E-state index contributed by atoms with van der Waals surface area (Å²) in [5, 5.41) is 14.5. The van der Waals surface area contributed by atoms with E-state index >= 15 is 0 Å². The Morgan fingerprint density at radius 3 is 3.00 bits per heavy atom. The van der Waals surface area contributed by atoms with E-state index in [9.17, 15) is 9.90 Å². The molecule has 1 saturated heterocycles. The number of carboxylic acids is 1. The summed E-state index contributed by atoms with van der Waals surface area (Å²) in [6.07, 6.45) is 1.95. The molecule has 2 aliphatic rings. The number of fused-ring (bicyclic) bond motifs is 3. The van der Waals surface area contributed by atoms with Crippen LogP contribution in [0.4, 0.5) is 0 Å². The summed E-state index contributed by atoms with van der Waals surface area (Å²) in [5.74, 6) is 0.531. The van der Waals surface area contributed by atoms with Gasteiger partial charge in [-0.2, -0.15) is 5.10 Å². The van der Waals surface area contributed by atoms with E-state index in [4.69, 9.17) is 9.47 Å². The van der Waals surface area contributed by atoms with E-state index in [-0.39, 0.29) is 12.5 Å². The maximum absolute atomic E-state index is 12.2. The number of benzene rings is 1. The van der Waals surface area contributed by atoms with Gasteiger partial charge in [-0.15, -0.1) is 0 Å². The maximum atomic E-state index is 12.2. The molecule has 7 nitrogen and oxygen atoms in total. The molecule has 2 atom stereocenters. The zero-order chi connectivity index (χ0) is 18.3. The first kappa shape index (κ1) is 16.9. The Labute approximate surface area is 152 Å². The lowest BCUT2D eigenvalue weighted by molar-refractivity contribution is -0.151. The van der Waals surface area contributed by atoms with Crippen LogP contribution in [0.2, 0.25) is 0 Å². The molecule has 7 heteroatoms. The third kappa shape index (κ3) is 2.63. The van der Waals surface area contributed by atoms with Crippen LogP contribution < -0.4 is 9.47 Å². The third-order valence-corrected chi connectivity index (χ3v) is 5.53. The zero-order valence-corrected chi connectivity index (χ0v) is 15.0. The molecule has 4 rings (SSSR count). The average molecular weight is 357 g/mol. The Balaban J connectivity index is 1.63. The Morgan fingerprint density at radius 1 is 1.46 bits per heavy atom. The summed E-state index contributed by atoms with van der Waals surface area (Å²) < 4.78 is 13.0. The van der Waals surface area contributed by atoms with Crippen molar-refractivity contribution in [2.75, 3.05) is 26.8 Å². The maximum Gasteiger partial charge on any atom is 0.315 e. The van der Waals surface area contributed by atoms with Gasteiger partial charge in [0.15, 0.2) is 0 Å². The van der Waals surface area contributed by atoms with Gasteiger partial charge in [-0.05, 0) is 19.1 Å². The van der Waals surface area contributed by atoms with Gasteiger partial charge in [0.05, 0.1) is 12.8 Å². The molecule has 0 bridgehead atoms. The molecule has 0 aliphatic carbocycles. The quantitative estimate of drug-likeness (QED) is 0.882. The Bertz CT molecular complexity index is 834. The number of aromatic nitrogens is 2. The summed E-state index contributed by atoms with van der Waals surface area (Å²) in [6.45, 7) is 4.82. The van der Waals surface area contributed by atoms with E-state index in [1.807, 2.05) is 42.1 Å². The van der Waals surface area contributed by atoms with Gasteiger partial charge in [0, 0.05) is 49.9 Å². The summed E-state index contributed by atoms with van der Waals surface area (Å²) in [6, 6.07) is 7.64. The number of aryl methyl sites for hydroxylation is 1. The first-order valence-electron chi connectivity index (χ1n) is 8.84. The number of methoxy groups -OCH3 is 1. The molecule has 2 aliphatic heterocycles.